The number of anilines is 1. The summed E-state index contributed by atoms with van der Waals surface area (Å²) in [5.41, 5.74) is 6.75. The second kappa shape index (κ2) is 8.79. The van der Waals surface area contributed by atoms with Crippen LogP contribution < -0.4 is 5.32 Å². The lowest BCUT2D eigenvalue weighted by molar-refractivity contribution is 0.0776. The van der Waals surface area contributed by atoms with Crippen LogP contribution in [-0.4, -0.2) is 22.3 Å². The second-order valence-corrected chi connectivity index (χ2v) is 7.53. The Morgan fingerprint density at radius 2 is 1.97 bits per heavy atom. The van der Waals surface area contributed by atoms with Crippen molar-refractivity contribution in [3.8, 4) is 17.2 Å². The van der Waals surface area contributed by atoms with Crippen LogP contribution in [0.5, 0.6) is 0 Å². The molecule has 0 aliphatic carbocycles. The van der Waals surface area contributed by atoms with Gasteiger partial charge in [0, 0.05) is 43.3 Å². The zero-order valence-corrected chi connectivity index (χ0v) is 17.1. The number of nitrogens with zero attached hydrogens (tertiary/aromatic N) is 3. The first-order chi connectivity index (χ1) is 14.7. The Morgan fingerprint density at radius 3 is 2.73 bits per heavy atom. The molecule has 0 unspecified atom stereocenters. The zero-order chi connectivity index (χ0) is 20.9. The predicted molar refractivity (Wildman–Crippen MR) is 118 cm³/mol. The van der Waals surface area contributed by atoms with E-state index in [-0.39, 0.29) is 5.91 Å². The van der Waals surface area contributed by atoms with E-state index in [1.54, 1.807) is 6.20 Å². The standard InChI is InChI=1S/C25H24N4O/c1-2-3-12-29-17-20-13-22(8-9-24(20)25(29)30)28-16-21-15-27-11-10-23(21)19-6-4-18(14-26)5-7-19/h4-11,13,15,28H,2-3,12,16-17H2,1H3. The number of hydrogen-bond donors (Lipinski definition) is 1. The van der Waals surface area contributed by atoms with Gasteiger partial charge in [0.15, 0.2) is 0 Å². The van der Waals surface area contributed by atoms with Crippen LogP contribution in [0.15, 0.2) is 60.9 Å². The number of nitrogens with one attached hydrogen (secondary N) is 1. The van der Waals surface area contributed by atoms with E-state index in [1.165, 1.54) is 0 Å². The fourth-order valence-electron chi connectivity index (χ4n) is 3.79. The molecule has 150 valence electrons. The molecule has 5 heteroatoms. The predicted octanol–water partition coefficient (Wildman–Crippen LogP) is 4.99. The van der Waals surface area contributed by atoms with Crippen molar-refractivity contribution in [2.24, 2.45) is 0 Å². The summed E-state index contributed by atoms with van der Waals surface area (Å²) in [7, 11) is 0. The molecule has 0 saturated carbocycles. The first kappa shape index (κ1) is 19.7. The highest BCUT2D eigenvalue weighted by Gasteiger charge is 2.26. The number of amides is 1. The molecule has 30 heavy (non-hydrogen) atoms. The Kier molecular flexibility index (Phi) is 5.76. The molecule has 1 aliphatic rings. The Labute approximate surface area is 177 Å². The number of pyridine rings is 1. The van der Waals surface area contributed by atoms with Gasteiger partial charge in [-0.15, -0.1) is 0 Å². The number of carbonyl (C=O) groups is 1. The van der Waals surface area contributed by atoms with Crippen LogP contribution in [0, 0.1) is 11.3 Å². The molecule has 0 fully saturated rings. The third kappa shape index (κ3) is 4.04. The van der Waals surface area contributed by atoms with E-state index in [1.807, 2.05) is 53.6 Å². The van der Waals surface area contributed by atoms with Crippen LogP contribution in [0.4, 0.5) is 5.69 Å². The summed E-state index contributed by atoms with van der Waals surface area (Å²) in [6, 6.07) is 17.7. The maximum Gasteiger partial charge on any atom is 0.254 e. The third-order valence-corrected chi connectivity index (χ3v) is 5.48. The first-order valence-electron chi connectivity index (χ1n) is 10.3. The van der Waals surface area contributed by atoms with Crippen LogP contribution in [0.3, 0.4) is 0 Å². The highest BCUT2D eigenvalue weighted by molar-refractivity contribution is 5.98. The Balaban J connectivity index is 1.49. The average Bonchev–Trinajstić information content (AvgIpc) is 3.11. The largest absolute Gasteiger partial charge is 0.381 e. The van der Waals surface area contributed by atoms with E-state index >= 15 is 0 Å². The van der Waals surface area contributed by atoms with Crippen molar-refractivity contribution in [1.29, 1.82) is 5.26 Å². The van der Waals surface area contributed by atoms with Gasteiger partial charge < -0.3 is 10.2 Å². The van der Waals surface area contributed by atoms with Crippen molar-refractivity contribution < 1.29 is 4.79 Å². The van der Waals surface area contributed by atoms with Crippen LogP contribution >= 0.6 is 0 Å². The Morgan fingerprint density at radius 1 is 1.13 bits per heavy atom. The van der Waals surface area contributed by atoms with E-state index in [4.69, 9.17) is 5.26 Å². The molecular weight excluding hydrogens is 372 g/mol. The molecule has 2 aromatic carbocycles. The molecule has 2 heterocycles. The van der Waals surface area contributed by atoms with Gasteiger partial charge in [-0.05, 0) is 65.1 Å². The number of aromatic nitrogens is 1. The minimum absolute atomic E-state index is 0.139. The molecule has 4 rings (SSSR count). The second-order valence-electron chi connectivity index (χ2n) is 7.53. The smallest absolute Gasteiger partial charge is 0.254 e. The van der Waals surface area contributed by atoms with Crippen molar-refractivity contribution in [3.63, 3.8) is 0 Å². The molecule has 0 saturated heterocycles. The fourth-order valence-corrected chi connectivity index (χ4v) is 3.79. The molecule has 0 radical (unpaired) electrons. The third-order valence-electron chi connectivity index (χ3n) is 5.48. The summed E-state index contributed by atoms with van der Waals surface area (Å²) in [6.07, 6.45) is 5.76. The number of rotatable bonds is 7. The zero-order valence-electron chi connectivity index (χ0n) is 17.1. The molecule has 5 nitrogen and oxygen atoms in total. The monoisotopic (exact) mass is 396 g/mol. The summed E-state index contributed by atoms with van der Waals surface area (Å²) in [4.78, 5) is 18.7. The lowest BCUT2D eigenvalue weighted by atomic mass is 10.0. The van der Waals surface area contributed by atoms with Crippen LogP contribution in [-0.2, 0) is 13.1 Å². The topological polar surface area (TPSA) is 69.0 Å². The van der Waals surface area contributed by atoms with E-state index < -0.39 is 0 Å². The minimum Gasteiger partial charge on any atom is -0.381 e. The maximum absolute atomic E-state index is 12.5. The number of hydrogen-bond acceptors (Lipinski definition) is 4. The van der Waals surface area contributed by atoms with Gasteiger partial charge in [-0.2, -0.15) is 5.26 Å². The summed E-state index contributed by atoms with van der Waals surface area (Å²) >= 11 is 0. The summed E-state index contributed by atoms with van der Waals surface area (Å²) in [5.74, 6) is 0.139. The van der Waals surface area contributed by atoms with Gasteiger partial charge in [-0.1, -0.05) is 25.5 Å². The summed E-state index contributed by atoms with van der Waals surface area (Å²) in [6.45, 7) is 4.26. The highest BCUT2D eigenvalue weighted by Crippen LogP contribution is 2.28. The van der Waals surface area contributed by atoms with E-state index in [2.05, 4.69) is 29.4 Å². The molecule has 0 bridgehead atoms. The molecule has 3 aromatic rings. The summed E-state index contributed by atoms with van der Waals surface area (Å²) in [5, 5.41) is 12.5. The molecule has 0 spiro atoms. The Hall–Kier alpha value is -3.65. The number of unbranched alkanes of at least 4 members (excludes halogenated alkanes) is 1. The van der Waals surface area contributed by atoms with E-state index in [0.717, 1.165) is 52.9 Å². The SMILES string of the molecule is CCCCN1Cc2cc(NCc3cnccc3-c3ccc(C#N)cc3)ccc2C1=O. The lowest BCUT2D eigenvalue weighted by Crippen LogP contribution is -2.24. The molecule has 1 amide bonds. The van der Waals surface area contributed by atoms with Gasteiger partial charge in [0.05, 0.1) is 11.6 Å². The van der Waals surface area contributed by atoms with E-state index in [0.29, 0.717) is 18.7 Å². The molecule has 1 aliphatic heterocycles. The van der Waals surface area contributed by atoms with Crippen LogP contribution in [0.1, 0.15) is 46.8 Å². The van der Waals surface area contributed by atoms with Crippen molar-refractivity contribution in [3.05, 3.63) is 83.2 Å². The number of nitriles is 1. The quantitative estimate of drug-likeness (QED) is 0.611. The number of benzene rings is 2. The van der Waals surface area contributed by atoms with Crippen molar-refractivity contribution in [1.82, 2.24) is 9.88 Å². The van der Waals surface area contributed by atoms with Crippen molar-refractivity contribution >= 4 is 11.6 Å². The van der Waals surface area contributed by atoms with Gasteiger partial charge in [0.1, 0.15) is 0 Å². The maximum atomic E-state index is 12.5. The van der Waals surface area contributed by atoms with E-state index in [9.17, 15) is 4.79 Å². The van der Waals surface area contributed by atoms with Gasteiger partial charge >= 0.3 is 0 Å². The highest BCUT2D eigenvalue weighted by atomic mass is 16.2. The molecule has 0 atom stereocenters. The fraction of sp³-hybridized carbons (Fsp3) is 0.240. The Bertz CT molecular complexity index is 1100. The van der Waals surface area contributed by atoms with Gasteiger partial charge in [0.25, 0.3) is 5.91 Å². The molecule has 1 N–H and O–H groups in total. The first-order valence-corrected chi connectivity index (χ1v) is 10.3. The van der Waals surface area contributed by atoms with Crippen molar-refractivity contribution in [2.45, 2.75) is 32.9 Å². The molecular formula is C25H24N4O. The van der Waals surface area contributed by atoms with Crippen LogP contribution in [0.25, 0.3) is 11.1 Å². The van der Waals surface area contributed by atoms with Crippen molar-refractivity contribution in [2.75, 3.05) is 11.9 Å². The molecule has 1 aromatic heterocycles. The van der Waals surface area contributed by atoms with Gasteiger partial charge in [-0.25, -0.2) is 0 Å². The minimum atomic E-state index is 0.139. The number of fused-ring (bicyclic) bond motifs is 1. The normalized spacial score (nSPS) is 12.5. The number of carbonyl (C=O) groups excluding carboxylic acids is 1. The summed E-state index contributed by atoms with van der Waals surface area (Å²) < 4.78 is 0. The van der Waals surface area contributed by atoms with Gasteiger partial charge in [-0.3, -0.25) is 9.78 Å². The average molecular weight is 396 g/mol. The van der Waals surface area contributed by atoms with Crippen LogP contribution in [0.2, 0.25) is 0 Å². The van der Waals surface area contributed by atoms with Gasteiger partial charge in [0.2, 0.25) is 0 Å². The lowest BCUT2D eigenvalue weighted by Gasteiger charge is -2.14.